The first-order valence-electron chi connectivity index (χ1n) is 5.66. The van der Waals surface area contributed by atoms with Gasteiger partial charge >= 0.3 is 5.97 Å². The molecule has 0 amide bonds. The van der Waals surface area contributed by atoms with Gasteiger partial charge in [-0.15, -0.1) is 0 Å². The lowest BCUT2D eigenvalue weighted by molar-refractivity contribution is -0.140. The third-order valence-corrected chi connectivity index (χ3v) is 2.51. The minimum Gasteiger partial charge on any atom is -0.497 e. The number of benzene rings is 1. The molecule has 1 rings (SSSR count). The quantitative estimate of drug-likeness (QED) is 0.786. The van der Waals surface area contributed by atoms with Crippen LogP contribution in [0, 0.1) is 0 Å². The normalized spacial score (nSPS) is 11.6. The molecule has 1 atom stereocenters. The molecule has 1 aromatic rings. The van der Waals surface area contributed by atoms with E-state index in [1.54, 1.807) is 20.3 Å². The van der Waals surface area contributed by atoms with Gasteiger partial charge in [0.1, 0.15) is 11.5 Å². The van der Waals surface area contributed by atoms with Crippen LogP contribution in [0.3, 0.4) is 0 Å². The van der Waals surface area contributed by atoms with Gasteiger partial charge in [0, 0.05) is 12.1 Å². The summed E-state index contributed by atoms with van der Waals surface area (Å²) in [6, 6.07) is 5.42. The van der Waals surface area contributed by atoms with Gasteiger partial charge in [-0.3, -0.25) is 4.79 Å². The van der Waals surface area contributed by atoms with E-state index in [2.05, 4.69) is 10.1 Å². The molecule has 0 fully saturated rings. The first-order valence-corrected chi connectivity index (χ1v) is 5.66. The Morgan fingerprint density at radius 1 is 1.28 bits per heavy atom. The maximum absolute atomic E-state index is 11.2. The van der Waals surface area contributed by atoms with Crippen LogP contribution in [0.4, 0.5) is 5.69 Å². The van der Waals surface area contributed by atoms with E-state index >= 15 is 0 Å². The molecule has 18 heavy (non-hydrogen) atoms. The fraction of sp³-hybridized carbons (Fsp3) is 0.462. The number of hydrogen-bond acceptors (Lipinski definition) is 5. The molecule has 0 aromatic heterocycles. The van der Waals surface area contributed by atoms with Gasteiger partial charge in [0.25, 0.3) is 0 Å². The minimum absolute atomic E-state index is 0.0419. The molecule has 100 valence electrons. The Labute approximate surface area is 107 Å². The summed E-state index contributed by atoms with van der Waals surface area (Å²) in [6.07, 6.45) is 0.297. The van der Waals surface area contributed by atoms with Crippen LogP contribution in [0.2, 0.25) is 0 Å². The molecular weight excluding hydrogens is 234 g/mol. The fourth-order valence-corrected chi connectivity index (χ4v) is 1.57. The standard InChI is InChI=1S/C13H19NO4/c1-9(7-13(15)18-4)14-11-6-5-10(16-2)8-12(11)17-3/h5-6,8-9,14H,7H2,1-4H3. The van der Waals surface area contributed by atoms with E-state index in [9.17, 15) is 4.79 Å². The SMILES string of the molecule is COC(=O)CC(C)Nc1ccc(OC)cc1OC. The Morgan fingerprint density at radius 2 is 2.00 bits per heavy atom. The monoisotopic (exact) mass is 253 g/mol. The molecule has 0 aliphatic heterocycles. The van der Waals surface area contributed by atoms with Gasteiger partial charge in [0.05, 0.1) is 33.4 Å². The largest absolute Gasteiger partial charge is 0.497 e. The Bertz CT molecular complexity index is 406. The van der Waals surface area contributed by atoms with Crippen LogP contribution in [-0.4, -0.2) is 33.3 Å². The van der Waals surface area contributed by atoms with Crippen LogP contribution in [0.15, 0.2) is 18.2 Å². The van der Waals surface area contributed by atoms with E-state index in [0.717, 1.165) is 11.4 Å². The average molecular weight is 253 g/mol. The second kappa shape index (κ2) is 6.74. The summed E-state index contributed by atoms with van der Waals surface area (Å²) in [6.45, 7) is 1.90. The van der Waals surface area contributed by atoms with Crippen molar-refractivity contribution in [1.82, 2.24) is 0 Å². The van der Waals surface area contributed by atoms with E-state index in [1.807, 2.05) is 19.1 Å². The number of methoxy groups -OCH3 is 3. The second-order valence-electron chi connectivity index (χ2n) is 3.89. The maximum Gasteiger partial charge on any atom is 0.307 e. The van der Waals surface area contributed by atoms with Crippen LogP contribution < -0.4 is 14.8 Å². The summed E-state index contributed by atoms with van der Waals surface area (Å²) < 4.78 is 15.0. The van der Waals surface area contributed by atoms with E-state index in [-0.39, 0.29) is 12.0 Å². The molecule has 0 radical (unpaired) electrons. The molecule has 0 saturated heterocycles. The summed E-state index contributed by atoms with van der Waals surface area (Å²) in [5.41, 5.74) is 0.815. The zero-order valence-electron chi connectivity index (χ0n) is 11.1. The minimum atomic E-state index is -0.248. The number of hydrogen-bond donors (Lipinski definition) is 1. The Balaban J connectivity index is 2.74. The number of nitrogens with one attached hydrogen (secondary N) is 1. The van der Waals surface area contributed by atoms with E-state index in [0.29, 0.717) is 12.2 Å². The van der Waals surface area contributed by atoms with Crippen molar-refractivity contribution >= 4 is 11.7 Å². The first kappa shape index (κ1) is 14.2. The molecule has 0 spiro atoms. The van der Waals surface area contributed by atoms with Crippen molar-refractivity contribution < 1.29 is 19.0 Å². The van der Waals surface area contributed by atoms with E-state index in [1.165, 1.54) is 7.11 Å². The fourth-order valence-electron chi connectivity index (χ4n) is 1.57. The van der Waals surface area contributed by atoms with Gasteiger partial charge in [-0.1, -0.05) is 0 Å². The molecule has 1 aromatic carbocycles. The lowest BCUT2D eigenvalue weighted by Gasteiger charge is -2.17. The topological polar surface area (TPSA) is 56.8 Å². The van der Waals surface area contributed by atoms with Crippen molar-refractivity contribution in [2.75, 3.05) is 26.6 Å². The summed E-state index contributed by atoms with van der Waals surface area (Å²) in [4.78, 5) is 11.2. The number of carbonyl (C=O) groups excluding carboxylic acids is 1. The Hall–Kier alpha value is -1.91. The molecule has 1 unspecified atom stereocenters. The number of carbonyl (C=O) groups is 1. The summed E-state index contributed by atoms with van der Waals surface area (Å²) in [5, 5.41) is 3.20. The Kier molecular flexibility index (Phi) is 5.30. The molecule has 1 N–H and O–H groups in total. The second-order valence-corrected chi connectivity index (χ2v) is 3.89. The van der Waals surface area contributed by atoms with Crippen molar-refractivity contribution in [2.45, 2.75) is 19.4 Å². The summed E-state index contributed by atoms with van der Waals surface area (Å²) in [7, 11) is 4.57. The van der Waals surface area contributed by atoms with Crippen LogP contribution in [-0.2, 0) is 9.53 Å². The molecule has 5 nitrogen and oxygen atoms in total. The van der Waals surface area contributed by atoms with Crippen LogP contribution in [0.1, 0.15) is 13.3 Å². The molecule has 0 saturated carbocycles. The van der Waals surface area contributed by atoms with Gasteiger partial charge in [0.15, 0.2) is 0 Å². The smallest absolute Gasteiger partial charge is 0.307 e. The van der Waals surface area contributed by atoms with Gasteiger partial charge in [-0.25, -0.2) is 0 Å². The lowest BCUT2D eigenvalue weighted by atomic mass is 10.2. The predicted octanol–water partition coefficient (Wildman–Crippen LogP) is 2.07. The van der Waals surface area contributed by atoms with E-state index in [4.69, 9.17) is 9.47 Å². The van der Waals surface area contributed by atoms with Crippen LogP contribution in [0.25, 0.3) is 0 Å². The highest BCUT2D eigenvalue weighted by Gasteiger charge is 2.12. The molecule has 0 aliphatic carbocycles. The molecule has 0 aliphatic rings. The van der Waals surface area contributed by atoms with Crippen molar-refractivity contribution in [3.63, 3.8) is 0 Å². The highest BCUT2D eigenvalue weighted by atomic mass is 16.5. The lowest BCUT2D eigenvalue weighted by Crippen LogP contribution is -2.20. The van der Waals surface area contributed by atoms with Crippen molar-refractivity contribution in [1.29, 1.82) is 0 Å². The zero-order chi connectivity index (χ0) is 13.5. The van der Waals surface area contributed by atoms with Crippen molar-refractivity contribution in [2.24, 2.45) is 0 Å². The zero-order valence-corrected chi connectivity index (χ0v) is 11.1. The molecule has 0 bridgehead atoms. The van der Waals surface area contributed by atoms with Gasteiger partial charge < -0.3 is 19.5 Å². The predicted molar refractivity (Wildman–Crippen MR) is 69.3 cm³/mol. The van der Waals surface area contributed by atoms with Crippen LogP contribution in [0.5, 0.6) is 11.5 Å². The molecule has 0 heterocycles. The highest BCUT2D eigenvalue weighted by molar-refractivity contribution is 5.71. The number of ether oxygens (including phenoxy) is 3. The maximum atomic E-state index is 11.2. The summed E-state index contributed by atoms with van der Waals surface area (Å²) in [5.74, 6) is 1.14. The van der Waals surface area contributed by atoms with Crippen molar-refractivity contribution in [3.8, 4) is 11.5 Å². The van der Waals surface area contributed by atoms with Gasteiger partial charge in [-0.2, -0.15) is 0 Å². The number of anilines is 1. The number of esters is 1. The van der Waals surface area contributed by atoms with Gasteiger partial charge in [0.2, 0.25) is 0 Å². The molecule has 5 heteroatoms. The molecular formula is C13H19NO4. The van der Waals surface area contributed by atoms with E-state index < -0.39 is 0 Å². The highest BCUT2D eigenvalue weighted by Crippen LogP contribution is 2.29. The number of rotatable bonds is 6. The first-order chi connectivity index (χ1) is 8.60. The third-order valence-electron chi connectivity index (χ3n) is 2.51. The van der Waals surface area contributed by atoms with Crippen LogP contribution >= 0.6 is 0 Å². The summed E-state index contributed by atoms with van der Waals surface area (Å²) >= 11 is 0. The third kappa shape index (κ3) is 3.84. The van der Waals surface area contributed by atoms with Crippen molar-refractivity contribution in [3.05, 3.63) is 18.2 Å². The van der Waals surface area contributed by atoms with Gasteiger partial charge in [-0.05, 0) is 19.1 Å². The average Bonchev–Trinajstić information content (AvgIpc) is 2.38. The Morgan fingerprint density at radius 3 is 2.56 bits per heavy atom.